The summed E-state index contributed by atoms with van der Waals surface area (Å²) in [5.74, 6) is 0.984. The SMILES string of the molecule is Cc1ccc(C(=O)N(CCN)[C@@H](c2nc(-c3ccccc3)cn2Cc2ccccc2)C(C)C)cc1. The number of rotatable bonds is 9. The number of aryl methyl sites for hydroxylation is 1. The van der Waals surface area contributed by atoms with Crippen LogP contribution in [-0.4, -0.2) is 33.4 Å². The molecule has 0 saturated heterocycles. The van der Waals surface area contributed by atoms with Gasteiger partial charge in [-0.2, -0.15) is 0 Å². The van der Waals surface area contributed by atoms with Gasteiger partial charge in [0.15, 0.2) is 0 Å². The smallest absolute Gasteiger partial charge is 0.254 e. The quantitative estimate of drug-likeness (QED) is 0.344. The van der Waals surface area contributed by atoms with Gasteiger partial charge in [-0.25, -0.2) is 4.98 Å². The predicted octanol–water partition coefficient (Wildman–Crippen LogP) is 5.71. The summed E-state index contributed by atoms with van der Waals surface area (Å²) in [6.07, 6.45) is 2.10. The first kappa shape index (κ1) is 24.4. The van der Waals surface area contributed by atoms with E-state index in [0.29, 0.717) is 25.2 Å². The van der Waals surface area contributed by atoms with Crippen molar-refractivity contribution in [3.05, 3.63) is 114 Å². The van der Waals surface area contributed by atoms with E-state index < -0.39 is 0 Å². The molecule has 0 aliphatic carbocycles. The highest BCUT2D eigenvalue weighted by Crippen LogP contribution is 2.32. The molecule has 0 aliphatic rings. The fourth-order valence-electron chi connectivity index (χ4n) is 4.49. The molecule has 0 radical (unpaired) electrons. The van der Waals surface area contributed by atoms with Crippen LogP contribution in [0.5, 0.6) is 0 Å². The van der Waals surface area contributed by atoms with Gasteiger partial charge in [0, 0.05) is 37.0 Å². The highest BCUT2D eigenvalue weighted by atomic mass is 16.2. The Morgan fingerprint density at radius 3 is 2.17 bits per heavy atom. The molecular weight excluding hydrogens is 432 g/mol. The molecule has 0 unspecified atom stereocenters. The van der Waals surface area contributed by atoms with Gasteiger partial charge in [-0.05, 0) is 30.5 Å². The molecule has 5 heteroatoms. The number of imidazole rings is 1. The maximum absolute atomic E-state index is 13.7. The first-order chi connectivity index (χ1) is 17.0. The second kappa shape index (κ2) is 11.2. The van der Waals surface area contributed by atoms with E-state index in [1.54, 1.807) is 0 Å². The van der Waals surface area contributed by atoms with Gasteiger partial charge >= 0.3 is 0 Å². The van der Waals surface area contributed by atoms with Crippen molar-refractivity contribution in [2.75, 3.05) is 13.1 Å². The summed E-state index contributed by atoms with van der Waals surface area (Å²) >= 11 is 0. The van der Waals surface area contributed by atoms with Crippen LogP contribution in [0.4, 0.5) is 0 Å². The number of nitrogens with two attached hydrogens (primary N) is 1. The highest BCUT2D eigenvalue weighted by Gasteiger charge is 2.32. The molecule has 0 spiro atoms. The van der Waals surface area contributed by atoms with Crippen molar-refractivity contribution < 1.29 is 4.79 Å². The lowest BCUT2D eigenvalue weighted by molar-refractivity contribution is 0.0614. The van der Waals surface area contributed by atoms with E-state index in [2.05, 4.69) is 48.9 Å². The number of nitrogens with zero attached hydrogens (tertiary/aromatic N) is 3. The second-order valence-electron chi connectivity index (χ2n) is 9.31. The second-order valence-corrected chi connectivity index (χ2v) is 9.31. The summed E-state index contributed by atoms with van der Waals surface area (Å²) < 4.78 is 2.19. The summed E-state index contributed by atoms with van der Waals surface area (Å²) in [5, 5.41) is 0. The zero-order chi connectivity index (χ0) is 24.8. The summed E-state index contributed by atoms with van der Waals surface area (Å²) in [5.41, 5.74) is 10.9. The van der Waals surface area contributed by atoms with Crippen LogP contribution in [0, 0.1) is 12.8 Å². The summed E-state index contributed by atoms with van der Waals surface area (Å²) in [4.78, 5) is 20.8. The summed E-state index contributed by atoms with van der Waals surface area (Å²) in [7, 11) is 0. The van der Waals surface area contributed by atoms with Crippen LogP contribution >= 0.6 is 0 Å². The van der Waals surface area contributed by atoms with Crippen LogP contribution in [0.25, 0.3) is 11.3 Å². The van der Waals surface area contributed by atoms with E-state index in [9.17, 15) is 4.79 Å². The maximum Gasteiger partial charge on any atom is 0.254 e. The minimum absolute atomic E-state index is 0.0235. The molecule has 3 aromatic carbocycles. The van der Waals surface area contributed by atoms with Crippen LogP contribution in [0.15, 0.2) is 91.1 Å². The molecular formula is C30H34N4O. The number of hydrogen-bond donors (Lipinski definition) is 1. The fourth-order valence-corrected chi connectivity index (χ4v) is 4.49. The minimum Gasteiger partial charge on any atom is -0.329 e. The number of hydrogen-bond acceptors (Lipinski definition) is 3. The van der Waals surface area contributed by atoms with E-state index in [0.717, 1.165) is 22.6 Å². The van der Waals surface area contributed by atoms with Crippen molar-refractivity contribution in [3.63, 3.8) is 0 Å². The van der Waals surface area contributed by atoms with Crippen LogP contribution < -0.4 is 5.73 Å². The summed E-state index contributed by atoms with van der Waals surface area (Å²) in [6.45, 7) is 7.81. The Bertz CT molecular complexity index is 1230. The highest BCUT2D eigenvalue weighted by molar-refractivity contribution is 5.94. The lowest BCUT2D eigenvalue weighted by Gasteiger charge is -2.34. The molecule has 180 valence electrons. The Kier molecular flexibility index (Phi) is 7.78. The van der Waals surface area contributed by atoms with Crippen molar-refractivity contribution in [1.29, 1.82) is 0 Å². The molecule has 1 atom stereocenters. The molecule has 0 aliphatic heterocycles. The minimum atomic E-state index is -0.228. The third-order valence-corrected chi connectivity index (χ3v) is 6.23. The van der Waals surface area contributed by atoms with Crippen molar-refractivity contribution in [1.82, 2.24) is 14.5 Å². The fraction of sp³-hybridized carbons (Fsp3) is 0.267. The summed E-state index contributed by atoms with van der Waals surface area (Å²) in [6, 6.07) is 28.0. The van der Waals surface area contributed by atoms with E-state index >= 15 is 0 Å². The lowest BCUT2D eigenvalue weighted by atomic mass is 9.99. The molecule has 0 fully saturated rings. The van der Waals surface area contributed by atoms with E-state index in [4.69, 9.17) is 10.7 Å². The van der Waals surface area contributed by atoms with Gasteiger partial charge in [0.2, 0.25) is 0 Å². The number of carbonyl (C=O) groups excluding carboxylic acids is 1. The lowest BCUT2D eigenvalue weighted by Crippen LogP contribution is -2.41. The van der Waals surface area contributed by atoms with Gasteiger partial charge in [-0.1, -0.05) is 92.2 Å². The maximum atomic E-state index is 13.7. The number of benzene rings is 3. The normalized spacial score (nSPS) is 12.0. The topological polar surface area (TPSA) is 64.2 Å². The molecule has 2 N–H and O–H groups in total. The van der Waals surface area contributed by atoms with Crippen molar-refractivity contribution in [2.24, 2.45) is 11.7 Å². The van der Waals surface area contributed by atoms with Gasteiger partial charge in [-0.15, -0.1) is 0 Å². The largest absolute Gasteiger partial charge is 0.329 e. The third-order valence-electron chi connectivity index (χ3n) is 6.23. The van der Waals surface area contributed by atoms with Gasteiger partial charge in [-0.3, -0.25) is 4.79 Å². The monoisotopic (exact) mass is 466 g/mol. The first-order valence-electron chi connectivity index (χ1n) is 12.2. The van der Waals surface area contributed by atoms with Gasteiger partial charge in [0.05, 0.1) is 11.7 Å². The van der Waals surface area contributed by atoms with Crippen LogP contribution in [0.3, 0.4) is 0 Å². The van der Waals surface area contributed by atoms with Crippen molar-refractivity contribution in [3.8, 4) is 11.3 Å². The Morgan fingerprint density at radius 2 is 1.57 bits per heavy atom. The Balaban J connectivity index is 1.81. The number of amides is 1. The zero-order valence-electron chi connectivity index (χ0n) is 20.8. The zero-order valence-corrected chi connectivity index (χ0v) is 20.8. The molecule has 4 aromatic rings. The van der Waals surface area contributed by atoms with E-state index in [1.807, 2.05) is 72.5 Å². The molecule has 1 aromatic heterocycles. The van der Waals surface area contributed by atoms with Crippen LogP contribution in [0.2, 0.25) is 0 Å². The van der Waals surface area contributed by atoms with Crippen molar-refractivity contribution >= 4 is 5.91 Å². The Hall–Kier alpha value is -3.70. The molecule has 1 amide bonds. The molecule has 0 bridgehead atoms. The molecule has 5 nitrogen and oxygen atoms in total. The molecule has 35 heavy (non-hydrogen) atoms. The molecule has 1 heterocycles. The number of aromatic nitrogens is 2. The van der Waals surface area contributed by atoms with Gasteiger partial charge in [0.25, 0.3) is 5.91 Å². The molecule has 4 rings (SSSR count). The molecule has 0 saturated carbocycles. The Labute approximate surface area is 208 Å². The van der Waals surface area contributed by atoms with E-state index in [1.165, 1.54) is 5.56 Å². The standard InChI is InChI=1S/C30H34N4O/c1-22(2)28(34(19-18-31)30(35)26-16-14-23(3)15-17-26)29-32-27(25-12-8-5-9-13-25)21-33(29)20-24-10-6-4-7-11-24/h4-17,21-22,28H,18-20,31H2,1-3H3/t28-/m1/s1. The average molecular weight is 467 g/mol. The van der Waals surface area contributed by atoms with Crippen LogP contribution in [0.1, 0.15) is 47.2 Å². The predicted molar refractivity (Wildman–Crippen MR) is 142 cm³/mol. The third kappa shape index (κ3) is 5.69. The van der Waals surface area contributed by atoms with Crippen LogP contribution in [-0.2, 0) is 6.54 Å². The first-order valence-corrected chi connectivity index (χ1v) is 12.2. The van der Waals surface area contributed by atoms with Gasteiger partial charge in [0.1, 0.15) is 5.82 Å². The van der Waals surface area contributed by atoms with Crippen molar-refractivity contribution in [2.45, 2.75) is 33.4 Å². The number of carbonyl (C=O) groups is 1. The Morgan fingerprint density at radius 1 is 0.943 bits per heavy atom. The average Bonchev–Trinajstić information content (AvgIpc) is 3.28. The van der Waals surface area contributed by atoms with E-state index in [-0.39, 0.29) is 17.9 Å². The van der Waals surface area contributed by atoms with Gasteiger partial charge < -0.3 is 15.2 Å².